The summed E-state index contributed by atoms with van der Waals surface area (Å²) in [5, 5.41) is 13.7. The van der Waals surface area contributed by atoms with Crippen LogP contribution in [0.25, 0.3) is 0 Å². The number of ether oxygens (including phenoxy) is 1. The summed E-state index contributed by atoms with van der Waals surface area (Å²) in [5.41, 5.74) is 1.04. The van der Waals surface area contributed by atoms with Crippen LogP contribution in [-0.2, 0) is 4.74 Å². The SMILES string of the molecule is OC[C@H]1NCCOCC1c1ccc(Cl)c(Cl)c1. The monoisotopic (exact) mass is 275 g/mol. The van der Waals surface area contributed by atoms with Gasteiger partial charge in [-0.1, -0.05) is 29.3 Å². The molecular weight excluding hydrogens is 261 g/mol. The molecule has 1 heterocycles. The minimum Gasteiger partial charge on any atom is -0.395 e. The first-order valence-electron chi connectivity index (χ1n) is 5.59. The average Bonchev–Trinajstić information content (AvgIpc) is 2.57. The first kappa shape index (κ1) is 13.1. The van der Waals surface area contributed by atoms with Gasteiger partial charge in [0.25, 0.3) is 0 Å². The minimum absolute atomic E-state index is 0.00487. The summed E-state index contributed by atoms with van der Waals surface area (Å²) in [7, 11) is 0. The Labute approximate surface area is 111 Å². The minimum atomic E-state index is -0.00487. The van der Waals surface area contributed by atoms with Gasteiger partial charge in [-0.2, -0.15) is 0 Å². The lowest BCUT2D eigenvalue weighted by Crippen LogP contribution is -2.38. The van der Waals surface area contributed by atoms with Gasteiger partial charge in [0, 0.05) is 18.5 Å². The third-order valence-electron chi connectivity index (χ3n) is 3.00. The molecule has 0 amide bonds. The van der Waals surface area contributed by atoms with E-state index in [0.29, 0.717) is 23.3 Å². The molecule has 5 heteroatoms. The number of halogens is 2. The van der Waals surface area contributed by atoms with Gasteiger partial charge in [0.05, 0.1) is 29.9 Å². The summed E-state index contributed by atoms with van der Waals surface area (Å²) in [6.07, 6.45) is 0. The number of aliphatic hydroxyl groups is 1. The van der Waals surface area contributed by atoms with Crippen molar-refractivity contribution in [3.05, 3.63) is 33.8 Å². The molecule has 0 bridgehead atoms. The molecule has 0 radical (unpaired) electrons. The quantitative estimate of drug-likeness (QED) is 0.868. The molecule has 17 heavy (non-hydrogen) atoms. The molecule has 1 aliphatic rings. The van der Waals surface area contributed by atoms with Crippen molar-refractivity contribution in [3.63, 3.8) is 0 Å². The number of aliphatic hydroxyl groups excluding tert-OH is 1. The van der Waals surface area contributed by atoms with E-state index in [1.54, 1.807) is 6.07 Å². The van der Waals surface area contributed by atoms with Crippen LogP contribution in [0.3, 0.4) is 0 Å². The third kappa shape index (κ3) is 3.12. The number of rotatable bonds is 2. The van der Waals surface area contributed by atoms with Gasteiger partial charge in [-0.05, 0) is 17.7 Å². The lowest BCUT2D eigenvalue weighted by molar-refractivity contribution is 0.132. The van der Waals surface area contributed by atoms with E-state index < -0.39 is 0 Å². The Balaban J connectivity index is 2.25. The van der Waals surface area contributed by atoms with E-state index in [4.69, 9.17) is 27.9 Å². The maximum absolute atomic E-state index is 9.39. The highest BCUT2D eigenvalue weighted by molar-refractivity contribution is 6.42. The lowest BCUT2D eigenvalue weighted by Gasteiger charge is -2.23. The number of benzene rings is 1. The Morgan fingerprint density at radius 1 is 1.35 bits per heavy atom. The van der Waals surface area contributed by atoms with Crippen molar-refractivity contribution < 1.29 is 9.84 Å². The standard InChI is InChI=1S/C12H15Cl2NO2/c13-10-2-1-8(5-11(10)14)9-7-17-4-3-15-12(9)6-16/h1-2,5,9,12,15-16H,3-4,6-7H2/t9?,12-/m1/s1. The summed E-state index contributed by atoms with van der Waals surface area (Å²) < 4.78 is 5.51. The molecule has 0 aliphatic carbocycles. The molecule has 1 unspecified atom stereocenters. The van der Waals surface area contributed by atoms with E-state index >= 15 is 0 Å². The zero-order valence-electron chi connectivity index (χ0n) is 9.33. The largest absolute Gasteiger partial charge is 0.395 e. The van der Waals surface area contributed by atoms with Crippen LogP contribution in [0.1, 0.15) is 11.5 Å². The third-order valence-corrected chi connectivity index (χ3v) is 3.74. The second-order valence-corrected chi connectivity index (χ2v) is 4.91. The van der Waals surface area contributed by atoms with Crippen LogP contribution in [-0.4, -0.2) is 37.5 Å². The first-order valence-corrected chi connectivity index (χ1v) is 6.35. The highest BCUT2D eigenvalue weighted by Crippen LogP contribution is 2.29. The fourth-order valence-corrected chi connectivity index (χ4v) is 2.36. The first-order chi connectivity index (χ1) is 8.22. The molecular formula is C12H15Cl2NO2. The van der Waals surface area contributed by atoms with E-state index in [2.05, 4.69) is 5.32 Å². The number of hydrogen-bond acceptors (Lipinski definition) is 3. The van der Waals surface area contributed by atoms with E-state index in [-0.39, 0.29) is 18.6 Å². The fraction of sp³-hybridized carbons (Fsp3) is 0.500. The zero-order chi connectivity index (χ0) is 12.3. The van der Waals surface area contributed by atoms with E-state index in [0.717, 1.165) is 12.1 Å². The molecule has 1 saturated heterocycles. The maximum Gasteiger partial charge on any atom is 0.0595 e. The van der Waals surface area contributed by atoms with Crippen molar-refractivity contribution in [1.29, 1.82) is 0 Å². The smallest absolute Gasteiger partial charge is 0.0595 e. The Morgan fingerprint density at radius 2 is 2.18 bits per heavy atom. The van der Waals surface area contributed by atoms with Gasteiger partial charge >= 0.3 is 0 Å². The van der Waals surface area contributed by atoms with E-state index in [9.17, 15) is 5.11 Å². The average molecular weight is 276 g/mol. The van der Waals surface area contributed by atoms with Gasteiger partial charge in [0.15, 0.2) is 0 Å². The summed E-state index contributed by atoms with van der Waals surface area (Å²) >= 11 is 11.9. The van der Waals surface area contributed by atoms with Crippen molar-refractivity contribution in [2.24, 2.45) is 0 Å². The summed E-state index contributed by atoms with van der Waals surface area (Å²) in [6.45, 7) is 2.07. The highest BCUT2D eigenvalue weighted by Gasteiger charge is 2.25. The molecule has 0 spiro atoms. The van der Waals surface area contributed by atoms with Gasteiger partial charge in [-0.15, -0.1) is 0 Å². The Hall–Kier alpha value is -0.320. The van der Waals surface area contributed by atoms with E-state index in [1.165, 1.54) is 0 Å². The van der Waals surface area contributed by atoms with Gasteiger partial charge in [0.1, 0.15) is 0 Å². The van der Waals surface area contributed by atoms with Gasteiger partial charge in [0.2, 0.25) is 0 Å². The van der Waals surface area contributed by atoms with Crippen molar-refractivity contribution >= 4 is 23.2 Å². The predicted octanol–water partition coefficient (Wildman–Crippen LogP) is 2.06. The van der Waals surface area contributed by atoms with Crippen molar-refractivity contribution in [2.75, 3.05) is 26.4 Å². The van der Waals surface area contributed by atoms with Crippen LogP contribution in [0.5, 0.6) is 0 Å². The topological polar surface area (TPSA) is 41.5 Å². The summed E-state index contributed by atoms with van der Waals surface area (Å²) in [6, 6.07) is 5.54. The molecule has 2 rings (SSSR count). The van der Waals surface area contributed by atoms with Crippen LogP contribution in [0.4, 0.5) is 0 Å². The highest BCUT2D eigenvalue weighted by atomic mass is 35.5. The lowest BCUT2D eigenvalue weighted by atomic mass is 9.92. The molecule has 1 aromatic carbocycles. The van der Waals surface area contributed by atoms with Crippen molar-refractivity contribution in [1.82, 2.24) is 5.32 Å². The number of nitrogens with one attached hydrogen (secondary N) is 1. The predicted molar refractivity (Wildman–Crippen MR) is 68.9 cm³/mol. The summed E-state index contributed by atoms with van der Waals surface area (Å²) in [5.74, 6) is 0.0947. The van der Waals surface area contributed by atoms with E-state index in [1.807, 2.05) is 12.1 Å². The molecule has 2 N–H and O–H groups in total. The Kier molecular flexibility index (Phi) is 4.65. The van der Waals surface area contributed by atoms with Gasteiger partial charge < -0.3 is 15.2 Å². The van der Waals surface area contributed by atoms with Gasteiger partial charge in [-0.25, -0.2) is 0 Å². The van der Waals surface area contributed by atoms with Crippen molar-refractivity contribution in [3.8, 4) is 0 Å². The van der Waals surface area contributed by atoms with Crippen LogP contribution in [0.15, 0.2) is 18.2 Å². The number of hydrogen-bond donors (Lipinski definition) is 2. The second kappa shape index (κ2) is 6.03. The Morgan fingerprint density at radius 3 is 2.88 bits per heavy atom. The summed E-state index contributed by atoms with van der Waals surface area (Å²) in [4.78, 5) is 0. The molecule has 3 nitrogen and oxygen atoms in total. The fourth-order valence-electron chi connectivity index (χ4n) is 2.05. The van der Waals surface area contributed by atoms with Crippen LogP contribution in [0, 0.1) is 0 Å². The molecule has 1 aliphatic heterocycles. The van der Waals surface area contributed by atoms with Gasteiger partial charge in [-0.3, -0.25) is 0 Å². The normalized spacial score (nSPS) is 25.6. The molecule has 0 aromatic heterocycles. The van der Waals surface area contributed by atoms with Crippen LogP contribution < -0.4 is 5.32 Å². The Bertz CT molecular complexity index is 387. The van der Waals surface area contributed by atoms with Crippen molar-refractivity contribution in [2.45, 2.75) is 12.0 Å². The zero-order valence-corrected chi connectivity index (χ0v) is 10.8. The second-order valence-electron chi connectivity index (χ2n) is 4.10. The molecule has 1 aromatic rings. The molecule has 94 valence electrons. The molecule has 2 atom stereocenters. The molecule has 0 saturated carbocycles. The van der Waals surface area contributed by atoms with Crippen LogP contribution >= 0.6 is 23.2 Å². The maximum atomic E-state index is 9.39. The van der Waals surface area contributed by atoms with Crippen LogP contribution in [0.2, 0.25) is 10.0 Å². The molecule has 1 fully saturated rings.